The number of cyclic esters (lactones) is 2. The predicted molar refractivity (Wildman–Crippen MR) is 177 cm³/mol. The van der Waals surface area contributed by atoms with Gasteiger partial charge in [-0.2, -0.15) is 0 Å². The zero-order chi connectivity index (χ0) is 32.6. The number of rotatable bonds is 4. The summed E-state index contributed by atoms with van der Waals surface area (Å²) >= 11 is 8.30. The van der Waals surface area contributed by atoms with Crippen molar-refractivity contribution < 1.29 is 28.6 Å². The quantitative estimate of drug-likeness (QED) is 0.212. The van der Waals surface area contributed by atoms with Gasteiger partial charge in [-0.3, -0.25) is 14.6 Å². The van der Waals surface area contributed by atoms with Crippen molar-refractivity contribution in [2.45, 2.75) is 103 Å². The lowest BCUT2D eigenvalue weighted by atomic mass is 9.74. The van der Waals surface area contributed by atoms with Crippen molar-refractivity contribution in [1.82, 2.24) is 9.88 Å². The molecule has 244 valence electrons. The van der Waals surface area contributed by atoms with Gasteiger partial charge < -0.3 is 24.0 Å². The van der Waals surface area contributed by atoms with Crippen LogP contribution in [0.25, 0.3) is 21.3 Å². The summed E-state index contributed by atoms with van der Waals surface area (Å²) in [5, 5.41) is 0.671. The highest BCUT2D eigenvalue weighted by atomic mass is 35.5. The third kappa shape index (κ3) is 5.61. The molecule has 4 aliphatic rings. The number of hydrogen-bond donors (Lipinski definition) is 0. The zero-order valence-electron chi connectivity index (χ0n) is 27.0. The van der Waals surface area contributed by atoms with Crippen LogP contribution in [0.5, 0.6) is 0 Å². The third-order valence-corrected chi connectivity index (χ3v) is 11.0. The lowest BCUT2D eigenvalue weighted by Crippen LogP contribution is -2.53. The maximum Gasteiger partial charge on any atom is 0.410 e. The Balaban J connectivity index is 1.24. The van der Waals surface area contributed by atoms with Crippen LogP contribution in [0.1, 0.15) is 77.2 Å². The molecule has 7 rings (SSSR count). The van der Waals surface area contributed by atoms with Crippen molar-refractivity contribution in [2.75, 3.05) is 18.0 Å². The number of likely N-dealkylation sites (tertiary alicyclic amines) is 1. The van der Waals surface area contributed by atoms with Gasteiger partial charge in [0.15, 0.2) is 5.92 Å². The summed E-state index contributed by atoms with van der Waals surface area (Å²) < 4.78 is 17.6. The molecule has 5 heterocycles. The largest absolute Gasteiger partial charge is 0.444 e. The van der Waals surface area contributed by atoms with Crippen LogP contribution in [-0.2, 0) is 36.6 Å². The first kappa shape index (κ1) is 31.2. The molecular formula is C35H40ClN3O6S. The number of carbonyl (C=O) groups is 3. The van der Waals surface area contributed by atoms with Crippen LogP contribution in [0.2, 0.25) is 5.02 Å². The molecule has 46 heavy (non-hydrogen) atoms. The molecule has 0 unspecified atom stereocenters. The number of esters is 2. The second-order valence-electron chi connectivity index (χ2n) is 14.6. The molecule has 3 aromatic rings. The molecule has 2 aromatic heterocycles. The minimum absolute atomic E-state index is 0.149. The van der Waals surface area contributed by atoms with Crippen LogP contribution in [-0.4, -0.2) is 64.0 Å². The molecule has 9 nitrogen and oxygen atoms in total. The fraction of sp³-hybridized carbons (Fsp3) is 0.543. The fourth-order valence-corrected chi connectivity index (χ4v) is 9.02. The lowest BCUT2D eigenvalue weighted by molar-refractivity contribution is -0.239. The fourth-order valence-electron chi connectivity index (χ4n) is 7.59. The number of thiophene rings is 1. The number of fused-ring (bicyclic) bond motifs is 2. The number of carbonyl (C=O) groups excluding carboxylic acids is 3. The number of aromatic nitrogens is 1. The molecule has 1 spiro atoms. The van der Waals surface area contributed by atoms with Crippen LogP contribution < -0.4 is 4.90 Å². The second kappa shape index (κ2) is 11.1. The van der Waals surface area contributed by atoms with Crippen LogP contribution in [0, 0.1) is 5.92 Å². The molecule has 1 amide bonds. The Kier molecular flexibility index (Phi) is 7.55. The number of pyridine rings is 1. The molecule has 3 fully saturated rings. The summed E-state index contributed by atoms with van der Waals surface area (Å²) in [7, 11) is 0. The van der Waals surface area contributed by atoms with Crippen LogP contribution >= 0.6 is 22.9 Å². The number of anilines is 1. The van der Waals surface area contributed by atoms with Gasteiger partial charge in [0, 0.05) is 77.8 Å². The Hall–Kier alpha value is -3.37. The summed E-state index contributed by atoms with van der Waals surface area (Å²) in [6.07, 6.45) is 7.70. The van der Waals surface area contributed by atoms with Gasteiger partial charge in [-0.1, -0.05) is 11.6 Å². The Morgan fingerprint density at radius 3 is 2.52 bits per heavy atom. The van der Waals surface area contributed by atoms with Crippen molar-refractivity contribution in [2.24, 2.45) is 5.92 Å². The average Bonchev–Trinajstić information content (AvgIpc) is 3.55. The first-order valence-electron chi connectivity index (χ1n) is 16.2. The lowest BCUT2D eigenvalue weighted by Gasteiger charge is -2.45. The number of ether oxygens (including phenoxy) is 3. The van der Waals surface area contributed by atoms with E-state index in [2.05, 4.69) is 16.0 Å². The number of aryl methyl sites for hydroxylation is 1. The van der Waals surface area contributed by atoms with E-state index in [1.165, 1.54) is 16.9 Å². The van der Waals surface area contributed by atoms with Gasteiger partial charge in [0.2, 0.25) is 0 Å². The first-order chi connectivity index (χ1) is 21.7. The van der Waals surface area contributed by atoms with E-state index >= 15 is 0 Å². The molecule has 1 aliphatic carbocycles. The Labute approximate surface area is 278 Å². The van der Waals surface area contributed by atoms with Gasteiger partial charge >= 0.3 is 18.0 Å². The van der Waals surface area contributed by atoms with E-state index in [4.69, 9.17) is 25.8 Å². The van der Waals surface area contributed by atoms with E-state index in [1.807, 2.05) is 43.9 Å². The molecule has 2 saturated heterocycles. The normalized spacial score (nSPS) is 22.4. The molecule has 1 saturated carbocycles. The summed E-state index contributed by atoms with van der Waals surface area (Å²) in [5.41, 5.74) is 4.47. The molecule has 3 aliphatic heterocycles. The average molecular weight is 666 g/mol. The van der Waals surface area contributed by atoms with E-state index in [9.17, 15) is 14.4 Å². The van der Waals surface area contributed by atoms with Gasteiger partial charge in [-0.05, 0) is 89.1 Å². The second-order valence-corrected chi connectivity index (χ2v) is 16.1. The smallest absolute Gasteiger partial charge is 0.410 e. The monoisotopic (exact) mass is 665 g/mol. The van der Waals surface area contributed by atoms with E-state index in [0.717, 1.165) is 77.0 Å². The van der Waals surface area contributed by atoms with Crippen molar-refractivity contribution in [1.29, 1.82) is 0 Å². The van der Waals surface area contributed by atoms with Crippen molar-refractivity contribution in [3.63, 3.8) is 0 Å². The van der Waals surface area contributed by atoms with Crippen LogP contribution in [0.15, 0.2) is 30.5 Å². The number of halogens is 1. The SMILES string of the molecule is CC(C)(C)OC(=O)N1C[C@@H](N2CCCc3cc(Cl)cc(-c4ccnc5cc(CC6C(=O)OC(C)(C)OC6=O)sc45)c32)CC12CCC2. The number of hydrogen-bond acceptors (Lipinski definition) is 9. The molecule has 0 N–H and O–H groups in total. The summed E-state index contributed by atoms with van der Waals surface area (Å²) in [5.74, 6) is -3.44. The molecule has 0 radical (unpaired) electrons. The van der Waals surface area contributed by atoms with Gasteiger partial charge in [-0.15, -0.1) is 11.3 Å². The van der Waals surface area contributed by atoms with Gasteiger partial charge in [0.05, 0.1) is 10.2 Å². The van der Waals surface area contributed by atoms with Crippen LogP contribution in [0.4, 0.5) is 10.5 Å². The number of nitrogens with zero attached hydrogens (tertiary/aromatic N) is 3. The molecule has 11 heteroatoms. The Bertz CT molecular complexity index is 1720. The predicted octanol–water partition coefficient (Wildman–Crippen LogP) is 7.30. The molecule has 1 aromatic carbocycles. The van der Waals surface area contributed by atoms with Gasteiger partial charge in [0.25, 0.3) is 5.79 Å². The minimum atomic E-state index is -1.27. The molecule has 0 bridgehead atoms. The summed E-state index contributed by atoms with van der Waals surface area (Å²) in [6, 6.07) is 8.21. The highest BCUT2D eigenvalue weighted by Crippen LogP contribution is 2.51. The van der Waals surface area contributed by atoms with Crippen molar-refractivity contribution in [3.05, 3.63) is 45.9 Å². The minimum Gasteiger partial charge on any atom is -0.444 e. The highest BCUT2D eigenvalue weighted by Gasteiger charge is 2.54. The maximum atomic E-state index is 13.4. The molecule has 1 atom stereocenters. The number of benzene rings is 1. The van der Waals surface area contributed by atoms with Crippen molar-refractivity contribution >= 4 is 56.9 Å². The molecular weight excluding hydrogens is 626 g/mol. The third-order valence-electron chi connectivity index (χ3n) is 9.63. The van der Waals surface area contributed by atoms with Crippen molar-refractivity contribution in [3.8, 4) is 11.1 Å². The maximum absolute atomic E-state index is 13.4. The zero-order valence-corrected chi connectivity index (χ0v) is 28.6. The number of amides is 1. The Morgan fingerprint density at radius 2 is 1.85 bits per heavy atom. The Morgan fingerprint density at radius 1 is 1.11 bits per heavy atom. The van der Waals surface area contributed by atoms with Gasteiger partial charge in [-0.25, -0.2) is 4.79 Å². The van der Waals surface area contributed by atoms with E-state index in [-0.39, 0.29) is 24.1 Å². The van der Waals surface area contributed by atoms with Gasteiger partial charge in [0.1, 0.15) is 5.60 Å². The topological polar surface area (TPSA) is 98.3 Å². The summed E-state index contributed by atoms with van der Waals surface area (Å²) in [4.78, 5) is 48.9. The van der Waals surface area contributed by atoms with E-state index < -0.39 is 29.2 Å². The first-order valence-corrected chi connectivity index (χ1v) is 17.3. The highest BCUT2D eigenvalue weighted by molar-refractivity contribution is 7.19. The summed E-state index contributed by atoms with van der Waals surface area (Å²) in [6.45, 7) is 10.4. The van der Waals surface area contributed by atoms with Crippen LogP contribution in [0.3, 0.4) is 0 Å². The van der Waals surface area contributed by atoms with E-state index in [0.29, 0.717) is 11.6 Å². The standard InChI is InChI=1S/C35H40ClN3O6S/c1-33(2,3)45-32(42)39-19-22(18-35(39)10-7-11-35)38-13-6-8-20-14-21(36)15-25(28(20)38)24-9-12-37-27-17-23(46-29(24)27)16-26-30(40)43-34(4,5)44-31(26)41/h9,12,14-15,17,22,26H,6-8,10-11,13,16,18-19H2,1-5H3/t22-/m0/s1. The van der Waals surface area contributed by atoms with E-state index in [1.54, 1.807) is 20.0 Å².